The van der Waals surface area contributed by atoms with Crippen LogP contribution in [0, 0.1) is 0 Å². The summed E-state index contributed by atoms with van der Waals surface area (Å²) in [6.45, 7) is 0. The highest BCUT2D eigenvalue weighted by atomic mass is 32.2. The van der Waals surface area contributed by atoms with Crippen LogP contribution < -0.4 is 4.74 Å². The Morgan fingerprint density at radius 1 is 0.800 bits per heavy atom. The number of methoxy groups -OCH3 is 1. The number of benzene rings is 6. The van der Waals surface area contributed by atoms with Gasteiger partial charge >= 0.3 is 5.97 Å². The number of thiol groups is 1. The molecule has 0 saturated heterocycles. The average Bonchev–Trinajstić information content (AvgIpc) is 3.48. The molecule has 8 rings (SSSR count). The Balaban J connectivity index is 1.26. The first-order chi connectivity index (χ1) is 22.1. The number of H-pyrrole nitrogens is 1. The number of hydrogen-bond donors (Lipinski definition) is 2. The number of thioether (sulfide) groups is 1. The van der Waals surface area contributed by atoms with Crippen molar-refractivity contribution in [2.75, 3.05) is 7.11 Å². The molecule has 220 valence electrons. The Morgan fingerprint density at radius 2 is 1.49 bits per heavy atom. The van der Waals surface area contributed by atoms with E-state index >= 15 is 0 Å². The number of nitrogens with zero attached hydrogens (tertiary/aromatic N) is 1. The highest BCUT2D eigenvalue weighted by Gasteiger charge is 2.29. The molecule has 6 nitrogen and oxygen atoms in total. The molecule has 2 heterocycles. The zero-order valence-electron chi connectivity index (χ0n) is 24.1. The molecule has 0 spiro atoms. The van der Waals surface area contributed by atoms with E-state index in [1.165, 1.54) is 17.9 Å². The van der Waals surface area contributed by atoms with Crippen LogP contribution >= 0.6 is 23.1 Å². The summed E-state index contributed by atoms with van der Waals surface area (Å²) in [5.41, 5.74) is 3.88. The van der Waals surface area contributed by atoms with Crippen molar-refractivity contribution in [1.29, 1.82) is 0 Å². The van der Waals surface area contributed by atoms with Gasteiger partial charge in [-0.25, -0.2) is 9.78 Å². The molecule has 0 unspecified atom stereocenters. The number of imidazole rings is 1. The maximum atomic E-state index is 12.2. The largest absolute Gasteiger partial charge is 0.465 e. The molecule has 7 aromatic rings. The van der Waals surface area contributed by atoms with Crippen molar-refractivity contribution in [1.82, 2.24) is 9.97 Å². The predicted molar refractivity (Wildman–Crippen MR) is 183 cm³/mol. The van der Waals surface area contributed by atoms with Crippen molar-refractivity contribution in [2.45, 2.75) is 16.2 Å². The maximum Gasteiger partial charge on any atom is 0.337 e. The second-order valence-corrected chi connectivity index (χ2v) is 13.0. The summed E-state index contributed by atoms with van der Waals surface area (Å²) in [6, 6.07) is 40.6. The fourth-order valence-corrected chi connectivity index (χ4v) is 7.83. The molecule has 0 aliphatic carbocycles. The molecule has 6 aromatic carbocycles. The fourth-order valence-electron chi connectivity index (χ4n) is 5.66. The first kappa shape index (κ1) is 27.6. The molecule has 1 aliphatic rings. The zero-order chi connectivity index (χ0) is 30.3. The SMILES string of the molecule is COC(=O)c1ccc2[nH]c([SH]=C(OC3c4ccccc4Oc4ccccc43)Sc3cccc4cc5ccccc5cc34)nc2c1. The van der Waals surface area contributed by atoms with Crippen LogP contribution in [-0.4, -0.2) is 27.4 Å². The molecule has 0 amide bonds. The average molecular weight is 627 g/mol. The van der Waals surface area contributed by atoms with Gasteiger partial charge in [-0.15, -0.1) is 0 Å². The van der Waals surface area contributed by atoms with E-state index in [0.717, 1.165) is 59.5 Å². The van der Waals surface area contributed by atoms with E-state index in [2.05, 4.69) is 71.7 Å². The lowest BCUT2D eigenvalue weighted by Gasteiger charge is -2.28. The number of carbonyl (C=O) groups is 1. The van der Waals surface area contributed by atoms with Crippen LogP contribution in [0.2, 0.25) is 0 Å². The molecule has 45 heavy (non-hydrogen) atoms. The van der Waals surface area contributed by atoms with Gasteiger partial charge in [0.1, 0.15) is 22.0 Å². The standard InChI is InChI=1S/C37H26N2O4S2/c1-41-35(40)25-17-18-29-30(21-25)39-36(38-29)45-37(43-34-26-12-4-6-14-31(26)42-32-15-7-5-13-27(32)34)44-33-16-8-11-24-19-22-9-2-3-10-23(22)20-28(24)33/h2-21,34,45H,1H3,(H,38,39). The summed E-state index contributed by atoms with van der Waals surface area (Å²) in [4.78, 5) is 21.5. The van der Waals surface area contributed by atoms with Crippen LogP contribution in [0.15, 0.2) is 131 Å². The van der Waals surface area contributed by atoms with Gasteiger partial charge in [0.05, 0.1) is 23.7 Å². The van der Waals surface area contributed by atoms with Crippen LogP contribution in [0.25, 0.3) is 32.6 Å². The Labute approximate surface area is 266 Å². The van der Waals surface area contributed by atoms with E-state index < -0.39 is 5.97 Å². The monoisotopic (exact) mass is 626 g/mol. The molecular weight excluding hydrogens is 601 g/mol. The van der Waals surface area contributed by atoms with E-state index in [9.17, 15) is 4.79 Å². The normalized spacial score (nSPS) is 13.2. The molecule has 8 heteroatoms. The van der Waals surface area contributed by atoms with Gasteiger partial charge in [-0.1, -0.05) is 95.9 Å². The third-order valence-corrected chi connectivity index (χ3v) is 9.94. The van der Waals surface area contributed by atoms with Gasteiger partial charge in [0.2, 0.25) is 0 Å². The number of aromatic nitrogens is 2. The van der Waals surface area contributed by atoms with Gasteiger partial charge in [-0.05, 0) is 70.1 Å². The van der Waals surface area contributed by atoms with Crippen molar-refractivity contribution in [2.24, 2.45) is 0 Å². The lowest BCUT2D eigenvalue weighted by atomic mass is 9.97. The van der Waals surface area contributed by atoms with Gasteiger partial charge < -0.3 is 19.2 Å². The van der Waals surface area contributed by atoms with Crippen LogP contribution in [0.3, 0.4) is 0 Å². The molecule has 1 N–H and O–H groups in total. The minimum atomic E-state index is -0.398. The molecule has 0 bridgehead atoms. The van der Waals surface area contributed by atoms with Crippen molar-refractivity contribution >= 4 is 66.0 Å². The van der Waals surface area contributed by atoms with E-state index in [1.807, 2.05) is 42.5 Å². The van der Waals surface area contributed by atoms with E-state index in [-0.39, 0.29) is 6.10 Å². The Hall–Kier alpha value is -4.89. The van der Waals surface area contributed by atoms with Crippen LogP contribution in [0.5, 0.6) is 11.5 Å². The Morgan fingerprint density at radius 3 is 2.24 bits per heavy atom. The zero-order valence-corrected chi connectivity index (χ0v) is 25.8. The summed E-state index contributed by atoms with van der Waals surface area (Å²) in [5, 5.41) is 5.40. The van der Waals surface area contributed by atoms with E-state index in [4.69, 9.17) is 19.2 Å². The van der Waals surface area contributed by atoms with Crippen LogP contribution in [0.4, 0.5) is 0 Å². The number of esters is 1. The van der Waals surface area contributed by atoms with Crippen molar-refractivity contribution in [3.8, 4) is 11.5 Å². The van der Waals surface area contributed by atoms with E-state index in [0.29, 0.717) is 16.2 Å². The summed E-state index contributed by atoms with van der Waals surface area (Å²) in [5.74, 6) is 1.15. The quantitative estimate of drug-likeness (QED) is 0.0667. The molecule has 0 radical (unpaired) electrons. The summed E-state index contributed by atoms with van der Waals surface area (Å²) in [6.07, 6.45) is -0.382. The number of ether oxygens (including phenoxy) is 3. The first-order valence-corrected chi connectivity index (χ1v) is 16.1. The van der Waals surface area contributed by atoms with Gasteiger partial charge in [-0.2, -0.15) is 0 Å². The molecule has 1 aromatic heterocycles. The predicted octanol–water partition coefficient (Wildman–Crippen LogP) is 9.27. The summed E-state index contributed by atoms with van der Waals surface area (Å²) < 4.78 is 18.9. The number of carbonyl (C=O) groups excluding carboxylic acids is 1. The van der Waals surface area contributed by atoms with E-state index in [1.54, 1.807) is 23.9 Å². The second-order valence-electron chi connectivity index (χ2n) is 10.6. The maximum absolute atomic E-state index is 12.2. The lowest BCUT2D eigenvalue weighted by molar-refractivity contribution is 0.0601. The number of fused-ring (bicyclic) bond motifs is 5. The number of para-hydroxylation sites is 2. The highest BCUT2D eigenvalue weighted by molar-refractivity contribution is 8.26. The van der Waals surface area contributed by atoms with Crippen molar-refractivity contribution < 1.29 is 19.0 Å². The molecule has 0 saturated carbocycles. The smallest absolute Gasteiger partial charge is 0.337 e. The number of aromatic amines is 1. The topological polar surface area (TPSA) is 73.4 Å². The first-order valence-electron chi connectivity index (χ1n) is 14.4. The molecular formula is C37H26N2O4S2. The van der Waals surface area contributed by atoms with Crippen molar-refractivity contribution in [3.05, 3.63) is 138 Å². The third kappa shape index (κ3) is 5.27. The second kappa shape index (κ2) is 11.6. The van der Waals surface area contributed by atoms with Gasteiger partial charge in [-0.3, -0.25) is 0 Å². The fraction of sp³-hybridized carbons (Fsp3) is 0.0541. The minimum Gasteiger partial charge on any atom is -0.465 e. The van der Waals surface area contributed by atoms with Crippen molar-refractivity contribution in [3.63, 3.8) is 0 Å². The van der Waals surface area contributed by atoms with Crippen LogP contribution in [-0.2, 0) is 9.47 Å². The van der Waals surface area contributed by atoms with Crippen LogP contribution in [0.1, 0.15) is 27.6 Å². The van der Waals surface area contributed by atoms with Gasteiger partial charge in [0.15, 0.2) is 5.16 Å². The summed E-state index contributed by atoms with van der Waals surface area (Å²) >= 11 is 2.34. The number of nitrogens with one attached hydrogen (secondary N) is 1. The number of hydrogen-bond acceptors (Lipinski definition) is 6. The third-order valence-electron chi connectivity index (χ3n) is 7.83. The summed E-state index contributed by atoms with van der Waals surface area (Å²) in [7, 11) is 1.37. The lowest BCUT2D eigenvalue weighted by Crippen LogP contribution is -2.15. The highest BCUT2D eigenvalue weighted by Crippen LogP contribution is 2.46. The molecule has 1 aliphatic heterocycles. The molecule has 0 fully saturated rings. The Kier molecular flexibility index (Phi) is 7.10. The minimum absolute atomic E-state index is 0.382. The molecule has 0 atom stereocenters. The Bertz CT molecular complexity index is 2250. The van der Waals surface area contributed by atoms with Gasteiger partial charge in [0, 0.05) is 16.0 Å². The number of rotatable bonds is 4. The van der Waals surface area contributed by atoms with Gasteiger partial charge in [0.25, 0.3) is 0 Å².